The van der Waals surface area contributed by atoms with Crippen molar-refractivity contribution in [3.05, 3.63) is 66.6 Å². The lowest BCUT2D eigenvalue weighted by Crippen LogP contribution is -1.96. The molecule has 130 valence electrons. The molecule has 0 amide bonds. The average Bonchev–Trinajstić information content (AvgIpc) is 3.08. The van der Waals surface area contributed by atoms with Gasteiger partial charge in [-0.1, -0.05) is 17.4 Å². The van der Waals surface area contributed by atoms with Crippen LogP contribution in [-0.2, 0) is 11.3 Å². The van der Waals surface area contributed by atoms with E-state index in [0.29, 0.717) is 13.2 Å². The minimum absolute atomic E-state index is 0.586. The van der Waals surface area contributed by atoms with Crippen molar-refractivity contribution < 1.29 is 4.74 Å². The first-order valence-electron chi connectivity index (χ1n) is 8.42. The molecular formula is C20H18N4OS. The van der Waals surface area contributed by atoms with Gasteiger partial charge >= 0.3 is 0 Å². The fourth-order valence-electron chi connectivity index (χ4n) is 2.66. The highest BCUT2D eigenvalue weighted by Gasteiger charge is 2.07. The summed E-state index contributed by atoms with van der Waals surface area (Å²) in [6, 6.07) is 14.3. The number of pyridine rings is 2. The van der Waals surface area contributed by atoms with Crippen molar-refractivity contribution in [2.75, 3.05) is 11.9 Å². The summed E-state index contributed by atoms with van der Waals surface area (Å²) < 4.78 is 6.59. The van der Waals surface area contributed by atoms with Crippen LogP contribution in [0, 0.1) is 0 Å². The lowest BCUT2D eigenvalue weighted by Gasteiger charge is -2.05. The second-order valence-corrected chi connectivity index (χ2v) is 6.78. The molecule has 0 fully saturated rings. The Bertz CT molecular complexity index is 1020. The Balaban J connectivity index is 1.58. The molecule has 4 rings (SSSR count). The first kappa shape index (κ1) is 16.6. The number of benzene rings is 1. The van der Waals surface area contributed by atoms with Crippen molar-refractivity contribution >= 4 is 32.5 Å². The predicted octanol–water partition coefficient (Wildman–Crippen LogP) is 5.03. The number of aromatic nitrogens is 3. The van der Waals surface area contributed by atoms with Gasteiger partial charge in [0.1, 0.15) is 5.82 Å². The van der Waals surface area contributed by atoms with Crippen molar-refractivity contribution in [1.82, 2.24) is 15.0 Å². The van der Waals surface area contributed by atoms with Crippen LogP contribution >= 0.6 is 11.3 Å². The van der Waals surface area contributed by atoms with E-state index in [9.17, 15) is 0 Å². The number of nitrogens with one attached hydrogen (secondary N) is 1. The maximum absolute atomic E-state index is 5.45. The zero-order chi connectivity index (χ0) is 17.8. The number of thiazole rings is 1. The molecule has 5 nitrogen and oxygen atoms in total. The first-order valence-corrected chi connectivity index (χ1v) is 9.24. The first-order chi connectivity index (χ1) is 12.8. The highest BCUT2D eigenvalue weighted by molar-refractivity contribution is 7.22. The van der Waals surface area contributed by atoms with E-state index in [1.165, 1.54) is 0 Å². The topological polar surface area (TPSA) is 59.9 Å². The van der Waals surface area contributed by atoms with Gasteiger partial charge in [-0.25, -0.2) is 9.97 Å². The average molecular weight is 362 g/mol. The van der Waals surface area contributed by atoms with Gasteiger partial charge < -0.3 is 10.1 Å². The van der Waals surface area contributed by atoms with Gasteiger partial charge in [0.05, 0.1) is 16.8 Å². The van der Waals surface area contributed by atoms with E-state index in [-0.39, 0.29) is 0 Å². The normalized spacial score (nSPS) is 11.0. The number of anilines is 2. The van der Waals surface area contributed by atoms with E-state index in [2.05, 4.69) is 32.4 Å². The Labute approximate surface area is 155 Å². The second-order valence-electron chi connectivity index (χ2n) is 5.75. The number of ether oxygens (including phenoxy) is 1. The third-order valence-electron chi connectivity index (χ3n) is 3.93. The highest BCUT2D eigenvalue weighted by atomic mass is 32.1. The largest absolute Gasteiger partial charge is 0.377 e. The number of hydrogen-bond donors (Lipinski definition) is 1. The zero-order valence-electron chi connectivity index (χ0n) is 14.3. The second kappa shape index (κ2) is 7.59. The van der Waals surface area contributed by atoms with Crippen LogP contribution in [-0.4, -0.2) is 21.6 Å². The van der Waals surface area contributed by atoms with E-state index in [0.717, 1.165) is 37.9 Å². The van der Waals surface area contributed by atoms with Crippen molar-refractivity contribution in [3.63, 3.8) is 0 Å². The van der Waals surface area contributed by atoms with E-state index in [4.69, 9.17) is 4.74 Å². The summed E-state index contributed by atoms with van der Waals surface area (Å²) in [4.78, 5) is 13.1. The van der Waals surface area contributed by atoms with Crippen LogP contribution in [0.2, 0.25) is 0 Å². The Kier molecular flexibility index (Phi) is 4.86. The van der Waals surface area contributed by atoms with Crippen LogP contribution in [0.25, 0.3) is 21.3 Å². The molecule has 0 radical (unpaired) electrons. The predicted molar refractivity (Wildman–Crippen MR) is 106 cm³/mol. The standard InChI is InChI=1S/C20H18N4OS/c1-2-25-13-14-5-10-22-19(11-14)24-20-23-17-4-3-16(12-18(17)26-20)15-6-8-21-9-7-15/h3-12H,2,13H2,1H3,(H,22,23,24). The Morgan fingerprint density at radius 3 is 2.73 bits per heavy atom. The smallest absolute Gasteiger partial charge is 0.189 e. The number of fused-ring (bicyclic) bond motifs is 1. The molecule has 26 heavy (non-hydrogen) atoms. The SMILES string of the molecule is CCOCc1ccnc(Nc2nc3ccc(-c4ccncc4)cc3s2)c1. The van der Waals surface area contributed by atoms with Crippen LogP contribution in [0.5, 0.6) is 0 Å². The Morgan fingerprint density at radius 1 is 1.00 bits per heavy atom. The van der Waals surface area contributed by atoms with Gasteiger partial charge in [0.15, 0.2) is 5.13 Å². The molecule has 0 aliphatic carbocycles. The van der Waals surface area contributed by atoms with E-state index < -0.39 is 0 Å². The van der Waals surface area contributed by atoms with Crippen LogP contribution in [0.3, 0.4) is 0 Å². The molecule has 3 heterocycles. The lowest BCUT2D eigenvalue weighted by molar-refractivity contribution is 0.134. The van der Waals surface area contributed by atoms with Crippen molar-refractivity contribution in [2.45, 2.75) is 13.5 Å². The summed E-state index contributed by atoms with van der Waals surface area (Å²) in [7, 11) is 0. The minimum atomic E-state index is 0.586. The van der Waals surface area contributed by atoms with E-state index in [1.54, 1.807) is 29.9 Å². The molecule has 0 unspecified atom stereocenters. The van der Waals surface area contributed by atoms with Crippen molar-refractivity contribution in [3.8, 4) is 11.1 Å². The summed E-state index contributed by atoms with van der Waals surface area (Å²) in [5, 5.41) is 4.13. The summed E-state index contributed by atoms with van der Waals surface area (Å²) in [6.45, 7) is 3.27. The van der Waals surface area contributed by atoms with Crippen LogP contribution in [0.15, 0.2) is 61.1 Å². The summed E-state index contributed by atoms with van der Waals surface area (Å²) >= 11 is 1.62. The fraction of sp³-hybridized carbons (Fsp3) is 0.150. The maximum atomic E-state index is 5.45. The molecule has 0 atom stereocenters. The van der Waals surface area contributed by atoms with Crippen LogP contribution in [0.4, 0.5) is 10.9 Å². The molecule has 4 aromatic rings. The van der Waals surface area contributed by atoms with E-state index in [1.807, 2.05) is 37.3 Å². The number of rotatable bonds is 6. The third-order valence-corrected chi connectivity index (χ3v) is 4.87. The molecule has 1 aromatic carbocycles. The molecule has 0 saturated heterocycles. The molecule has 1 N–H and O–H groups in total. The third kappa shape index (κ3) is 3.71. The zero-order valence-corrected chi connectivity index (χ0v) is 15.2. The molecular weight excluding hydrogens is 344 g/mol. The lowest BCUT2D eigenvalue weighted by atomic mass is 10.1. The van der Waals surface area contributed by atoms with Gasteiger partial charge in [0.25, 0.3) is 0 Å². The van der Waals surface area contributed by atoms with Gasteiger partial charge in [-0.15, -0.1) is 0 Å². The van der Waals surface area contributed by atoms with Crippen LogP contribution in [0.1, 0.15) is 12.5 Å². The summed E-state index contributed by atoms with van der Waals surface area (Å²) in [5.74, 6) is 0.774. The van der Waals surface area contributed by atoms with E-state index >= 15 is 0 Å². The summed E-state index contributed by atoms with van der Waals surface area (Å²) in [6.07, 6.45) is 5.39. The van der Waals surface area contributed by atoms with Crippen molar-refractivity contribution in [2.24, 2.45) is 0 Å². The highest BCUT2D eigenvalue weighted by Crippen LogP contribution is 2.31. The molecule has 3 aromatic heterocycles. The molecule has 0 bridgehead atoms. The monoisotopic (exact) mass is 362 g/mol. The van der Waals surface area contributed by atoms with Crippen LogP contribution < -0.4 is 5.32 Å². The molecule has 0 aliphatic rings. The fourth-order valence-corrected chi connectivity index (χ4v) is 3.58. The molecule has 0 spiro atoms. The quantitative estimate of drug-likeness (QED) is 0.521. The minimum Gasteiger partial charge on any atom is -0.377 e. The van der Waals surface area contributed by atoms with Gasteiger partial charge in [0.2, 0.25) is 0 Å². The number of hydrogen-bond acceptors (Lipinski definition) is 6. The van der Waals surface area contributed by atoms with Gasteiger partial charge in [-0.05, 0) is 60.0 Å². The van der Waals surface area contributed by atoms with Gasteiger partial charge in [0, 0.05) is 25.2 Å². The Hall–Kier alpha value is -2.83. The van der Waals surface area contributed by atoms with Crippen molar-refractivity contribution in [1.29, 1.82) is 0 Å². The number of nitrogens with zero attached hydrogens (tertiary/aromatic N) is 3. The van der Waals surface area contributed by atoms with Gasteiger partial charge in [-0.2, -0.15) is 0 Å². The molecule has 6 heteroatoms. The summed E-state index contributed by atoms with van der Waals surface area (Å²) in [5.41, 5.74) is 4.37. The Morgan fingerprint density at radius 2 is 1.88 bits per heavy atom. The maximum Gasteiger partial charge on any atom is 0.189 e. The van der Waals surface area contributed by atoms with Gasteiger partial charge in [-0.3, -0.25) is 4.98 Å². The molecule has 0 aliphatic heterocycles. The molecule has 0 saturated carbocycles.